The van der Waals surface area contributed by atoms with E-state index < -0.39 is 51.8 Å². The number of amides is 1. The quantitative estimate of drug-likeness (QED) is 0.0459. The number of nitrogens with one attached hydrogen (secondary N) is 1. The van der Waals surface area contributed by atoms with Gasteiger partial charge in [0.2, 0.25) is 5.82 Å². The molecule has 57 heavy (non-hydrogen) atoms. The van der Waals surface area contributed by atoms with Crippen molar-refractivity contribution in [2.75, 3.05) is 37.6 Å². The lowest BCUT2D eigenvalue weighted by Crippen LogP contribution is -2.49. The molecule has 0 bridgehead atoms. The first-order chi connectivity index (χ1) is 27.5. The molecular weight excluding hydrogens is 751 g/mol. The number of non-ortho nitro benzene ring substituents is 1. The summed E-state index contributed by atoms with van der Waals surface area (Å²) in [6, 6.07) is 28.5. The first kappa shape index (κ1) is 39.5. The van der Waals surface area contributed by atoms with E-state index in [4.69, 9.17) is 9.47 Å². The van der Waals surface area contributed by atoms with Crippen LogP contribution in [0.3, 0.4) is 0 Å². The zero-order valence-electron chi connectivity index (χ0n) is 30.3. The Hall–Kier alpha value is -5.74. The Morgan fingerprint density at radius 2 is 1.39 bits per heavy atom. The molecule has 2 saturated heterocycles. The number of hydrogen-bond acceptors (Lipinski definition) is 8. The Morgan fingerprint density at radius 1 is 0.754 bits per heavy atom. The maximum atomic E-state index is 14.2. The number of nitrogens with zero attached hydrogens (tertiary/aromatic N) is 3. The van der Waals surface area contributed by atoms with E-state index in [9.17, 15) is 42.0 Å². The number of rotatable bonds is 11. The number of carbonyl (C=O) groups is 1. The summed E-state index contributed by atoms with van der Waals surface area (Å²) in [5.74, 6) is -12.6. The minimum absolute atomic E-state index is 0.0465. The number of benzene rings is 5. The van der Waals surface area contributed by atoms with Gasteiger partial charge >= 0.3 is 0 Å². The third kappa shape index (κ3) is 8.81. The number of ether oxygens (including phenoxy) is 2. The molecule has 10 nitrogen and oxygen atoms in total. The molecule has 0 aromatic heterocycles. The van der Waals surface area contributed by atoms with Gasteiger partial charge in [-0.2, -0.15) is 0 Å². The van der Waals surface area contributed by atoms with Crippen molar-refractivity contribution in [1.29, 1.82) is 0 Å². The van der Waals surface area contributed by atoms with Gasteiger partial charge in [-0.25, -0.2) is 22.0 Å². The highest BCUT2D eigenvalue weighted by atomic mass is 19.2. The Kier molecular flexibility index (Phi) is 11.9. The van der Waals surface area contributed by atoms with E-state index >= 15 is 0 Å². The zero-order valence-corrected chi connectivity index (χ0v) is 30.3. The van der Waals surface area contributed by atoms with Crippen molar-refractivity contribution in [2.45, 2.75) is 38.1 Å². The Labute approximate surface area is 324 Å². The smallest absolute Gasteiger partial charge is 0.269 e. The number of piperazine rings is 1. The molecule has 3 unspecified atom stereocenters. The minimum atomic E-state index is -2.35. The van der Waals surface area contributed by atoms with E-state index in [-0.39, 0.29) is 31.0 Å². The maximum Gasteiger partial charge on any atom is 0.269 e. The van der Waals surface area contributed by atoms with Gasteiger partial charge in [0, 0.05) is 69.1 Å². The van der Waals surface area contributed by atoms with Gasteiger partial charge in [-0.3, -0.25) is 19.8 Å². The molecule has 0 radical (unpaired) electrons. The molecule has 3 atom stereocenters. The summed E-state index contributed by atoms with van der Waals surface area (Å²) in [7, 11) is 0. The maximum absolute atomic E-state index is 14.2. The number of aliphatic hydroxyl groups excluding tert-OH is 1. The summed E-state index contributed by atoms with van der Waals surface area (Å²) < 4.78 is 82.5. The van der Waals surface area contributed by atoms with Gasteiger partial charge in [-0.1, -0.05) is 60.7 Å². The number of hydrogen-bond donors (Lipinski definition) is 2. The molecule has 1 amide bonds. The van der Waals surface area contributed by atoms with Gasteiger partial charge < -0.3 is 24.8 Å². The Bertz CT molecular complexity index is 2220. The average molecular weight is 789 g/mol. The van der Waals surface area contributed by atoms with Crippen LogP contribution < -0.4 is 10.2 Å². The van der Waals surface area contributed by atoms with Crippen molar-refractivity contribution in [2.24, 2.45) is 0 Å². The summed E-state index contributed by atoms with van der Waals surface area (Å²) >= 11 is 0. The molecule has 2 aliphatic rings. The number of nitro benzene ring substituents is 1. The van der Waals surface area contributed by atoms with Gasteiger partial charge in [0.05, 0.1) is 23.7 Å². The molecule has 15 heteroatoms. The second-order valence-corrected chi connectivity index (χ2v) is 13.9. The summed E-state index contributed by atoms with van der Waals surface area (Å²) in [5.41, 5.74) is 3.84. The van der Waals surface area contributed by atoms with Crippen molar-refractivity contribution in [3.05, 3.63) is 164 Å². The van der Waals surface area contributed by atoms with Crippen LogP contribution >= 0.6 is 0 Å². The molecule has 2 heterocycles. The number of nitro groups is 1. The third-order valence-electron chi connectivity index (χ3n) is 10.2. The van der Waals surface area contributed by atoms with Crippen molar-refractivity contribution >= 4 is 17.3 Å². The molecule has 0 saturated carbocycles. The lowest BCUT2D eigenvalue weighted by Gasteiger charge is -2.41. The fraction of sp³-hybridized carbons (Fsp3) is 0.262. The molecule has 7 rings (SSSR count). The van der Waals surface area contributed by atoms with Gasteiger partial charge in [0.1, 0.15) is 5.56 Å². The van der Waals surface area contributed by atoms with Crippen LogP contribution in [0.25, 0.3) is 11.1 Å². The van der Waals surface area contributed by atoms with E-state index in [0.717, 1.165) is 54.1 Å². The number of aliphatic hydroxyl groups is 1. The molecule has 0 spiro atoms. The van der Waals surface area contributed by atoms with Crippen LogP contribution in [-0.4, -0.2) is 59.7 Å². The largest absolute Gasteiger partial charge is 0.392 e. The minimum Gasteiger partial charge on any atom is -0.392 e. The van der Waals surface area contributed by atoms with E-state index in [1.54, 1.807) is 30.3 Å². The lowest BCUT2D eigenvalue weighted by atomic mass is 9.98. The van der Waals surface area contributed by atoms with Crippen LogP contribution in [0.15, 0.2) is 97.1 Å². The summed E-state index contributed by atoms with van der Waals surface area (Å²) in [6.45, 7) is 3.27. The number of anilines is 1. The number of halogens is 5. The monoisotopic (exact) mass is 788 g/mol. The van der Waals surface area contributed by atoms with Gasteiger partial charge in [0.15, 0.2) is 29.6 Å². The molecular formula is C42H37F5N4O6. The van der Waals surface area contributed by atoms with Crippen molar-refractivity contribution < 1.29 is 46.3 Å². The molecule has 296 valence electrons. The summed E-state index contributed by atoms with van der Waals surface area (Å²) in [6.07, 6.45) is -0.714. The van der Waals surface area contributed by atoms with Crippen molar-refractivity contribution in [3.8, 4) is 11.1 Å². The zero-order chi connectivity index (χ0) is 40.2. The van der Waals surface area contributed by atoms with Crippen LogP contribution in [0.4, 0.5) is 33.3 Å². The van der Waals surface area contributed by atoms with E-state index in [0.29, 0.717) is 24.1 Å². The normalized spacial score (nSPS) is 18.7. The average Bonchev–Trinajstić information content (AvgIpc) is 3.24. The fourth-order valence-electron chi connectivity index (χ4n) is 7.10. The van der Waals surface area contributed by atoms with E-state index in [1.807, 2.05) is 54.6 Å². The molecule has 5 aromatic carbocycles. The van der Waals surface area contributed by atoms with Crippen LogP contribution in [0.1, 0.15) is 51.4 Å². The molecule has 2 fully saturated rings. The molecule has 2 N–H and O–H groups in total. The predicted octanol–water partition coefficient (Wildman–Crippen LogP) is 7.75. The predicted molar refractivity (Wildman–Crippen MR) is 199 cm³/mol. The van der Waals surface area contributed by atoms with Gasteiger partial charge in [-0.05, 0) is 52.1 Å². The van der Waals surface area contributed by atoms with Crippen LogP contribution in [0.5, 0.6) is 0 Å². The van der Waals surface area contributed by atoms with Crippen LogP contribution in [-0.2, 0) is 22.6 Å². The SMILES string of the molecule is O=C(NCc1cccc(-c2cccc(C3OC(CN4CCN(c5ccc([N+](=O)[O-])cc5)CC4)CC(c4ccc(CO)cc4)O3)c2)c1)c1c(F)c(F)c(F)c(F)c1F. The standard InChI is InChI=1S/C42H37F5N4O6/c43-36-35(37(44)39(46)40(47)38(36)45)41(53)48-22-26-3-1-4-28(19-26)29-5-2-6-30(20-29)42-56-33(21-34(57-42)27-9-7-25(24-52)8-10-27)23-49-15-17-50(18-16-49)31-11-13-32(14-12-31)51(54)55/h1-14,19-20,33-34,42,52H,15-18,21-24H2,(H,48,53). The van der Waals surface area contributed by atoms with Crippen LogP contribution in [0.2, 0.25) is 0 Å². The van der Waals surface area contributed by atoms with Crippen molar-refractivity contribution in [3.63, 3.8) is 0 Å². The highest BCUT2D eigenvalue weighted by Gasteiger charge is 2.34. The first-order valence-corrected chi connectivity index (χ1v) is 18.2. The second kappa shape index (κ2) is 17.2. The second-order valence-electron chi connectivity index (χ2n) is 13.9. The molecule has 2 aliphatic heterocycles. The lowest BCUT2D eigenvalue weighted by molar-refractivity contribution is -0.384. The highest BCUT2D eigenvalue weighted by molar-refractivity contribution is 5.94. The summed E-state index contributed by atoms with van der Waals surface area (Å²) in [4.78, 5) is 27.8. The van der Waals surface area contributed by atoms with Crippen LogP contribution in [0, 0.1) is 39.2 Å². The third-order valence-corrected chi connectivity index (χ3v) is 10.2. The van der Waals surface area contributed by atoms with Gasteiger partial charge in [-0.15, -0.1) is 0 Å². The summed E-state index contributed by atoms with van der Waals surface area (Å²) in [5, 5.41) is 22.9. The first-order valence-electron chi connectivity index (χ1n) is 18.2. The van der Waals surface area contributed by atoms with E-state index in [2.05, 4.69) is 15.1 Å². The van der Waals surface area contributed by atoms with Crippen molar-refractivity contribution in [1.82, 2.24) is 10.2 Å². The topological polar surface area (TPSA) is 117 Å². The fourth-order valence-corrected chi connectivity index (χ4v) is 7.10. The number of carbonyl (C=O) groups excluding carboxylic acids is 1. The Balaban J connectivity index is 1.05. The Morgan fingerprint density at radius 3 is 2.04 bits per heavy atom. The van der Waals surface area contributed by atoms with Gasteiger partial charge in [0.25, 0.3) is 11.6 Å². The van der Waals surface area contributed by atoms with E-state index in [1.165, 1.54) is 12.1 Å². The molecule has 5 aromatic rings. The highest BCUT2D eigenvalue weighted by Crippen LogP contribution is 2.39. The molecule has 0 aliphatic carbocycles.